The molecule has 1 atom stereocenters. The average Bonchev–Trinajstić information content (AvgIpc) is 2.40. The Balaban J connectivity index is 2.52. The van der Waals surface area contributed by atoms with E-state index in [9.17, 15) is 4.39 Å². The van der Waals surface area contributed by atoms with Crippen molar-refractivity contribution < 1.29 is 9.13 Å². The van der Waals surface area contributed by atoms with Gasteiger partial charge < -0.3 is 4.74 Å². The molecule has 2 aromatic carbocycles. The molecule has 0 aliphatic carbocycles. The summed E-state index contributed by atoms with van der Waals surface area (Å²) in [6, 6.07) is 8.10. The summed E-state index contributed by atoms with van der Waals surface area (Å²) in [5.74, 6) is 0.270. The van der Waals surface area contributed by atoms with E-state index >= 15 is 0 Å². The van der Waals surface area contributed by atoms with Crippen molar-refractivity contribution in [1.29, 1.82) is 0 Å². The van der Waals surface area contributed by atoms with E-state index < -0.39 is 5.38 Å². The highest BCUT2D eigenvalue weighted by molar-refractivity contribution is 9.10. The van der Waals surface area contributed by atoms with Gasteiger partial charge in [0.25, 0.3) is 0 Å². The van der Waals surface area contributed by atoms with Gasteiger partial charge in [-0.15, -0.1) is 11.6 Å². The Kier molecular flexibility index (Phi) is 5.35. The Morgan fingerprint density at radius 2 is 1.85 bits per heavy atom. The predicted octanol–water partition coefficient (Wildman–Crippen LogP) is 6.34. The second-order valence-electron chi connectivity index (χ2n) is 4.05. The second-order valence-corrected chi connectivity index (χ2v) is 6.63. The highest BCUT2D eigenvalue weighted by atomic mass is 79.9. The lowest BCUT2D eigenvalue weighted by molar-refractivity contribution is 0.407. The van der Waals surface area contributed by atoms with Crippen LogP contribution in [0.3, 0.4) is 0 Å². The van der Waals surface area contributed by atoms with Crippen molar-refractivity contribution in [3.63, 3.8) is 0 Å². The van der Waals surface area contributed by atoms with Gasteiger partial charge in [0.15, 0.2) is 0 Å². The maximum absolute atomic E-state index is 13.3. The van der Waals surface area contributed by atoms with E-state index in [0.717, 1.165) is 5.56 Å². The molecule has 0 N–H and O–H groups in total. The molecular formula is C14H9Br2Cl2FO. The quantitative estimate of drug-likeness (QED) is 0.504. The van der Waals surface area contributed by atoms with Gasteiger partial charge in [0, 0.05) is 10.6 Å². The summed E-state index contributed by atoms with van der Waals surface area (Å²) in [6.07, 6.45) is 0. The summed E-state index contributed by atoms with van der Waals surface area (Å²) >= 11 is 19.1. The molecule has 0 amide bonds. The van der Waals surface area contributed by atoms with Crippen LogP contribution in [0.15, 0.2) is 39.3 Å². The number of methoxy groups -OCH3 is 1. The molecule has 1 unspecified atom stereocenters. The first-order chi connectivity index (χ1) is 9.43. The van der Waals surface area contributed by atoms with Crippen LogP contribution in [0.1, 0.15) is 16.5 Å². The molecule has 2 aromatic rings. The van der Waals surface area contributed by atoms with Crippen LogP contribution in [0.5, 0.6) is 5.75 Å². The first-order valence-electron chi connectivity index (χ1n) is 5.56. The first-order valence-corrected chi connectivity index (χ1v) is 7.96. The number of halogens is 5. The second kappa shape index (κ2) is 6.65. The molecule has 20 heavy (non-hydrogen) atoms. The molecular weight excluding hydrogens is 434 g/mol. The van der Waals surface area contributed by atoms with Gasteiger partial charge in [-0.25, -0.2) is 4.39 Å². The standard InChI is InChI=1S/C14H9Br2Cl2FO/c1-20-14-9(5-8(17)6-11(14)16)13(18)7-2-3-12(19)10(15)4-7/h2-6,13H,1H3. The first kappa shape index (κ1) is 16.1. The molecule has 0 saturated carbocycles. The molecule has 6 heteroatoms. The van der Waals surface area contributed by atoms with E-state index in [0.29, 0.717) is 25.3 Å². The van der Waals surface area contributed by atoms with E-state index in [1.165, 1.54) is 6.07 Å². The number of hydrogen-bond acceptors (Lipinski definition) is 1. The molecule has 0 bridgehead atoms. The zero-order valence-electron chi connectivity index (χ0n) is 10.3. The molecule has 0 aromatic heterocycles. The minimum Gasteiger partial charge on any atom is -0.495 e. The summed E-state index contributed by atoms with van der Waals surface area (Å²) in [6.45, 7) is 0. The normalized spacial score (nSPS) is 12.3. The van der Waals surface area contributed by atoms with Crippen molar-refractivity contribution in [2.24, 2.45) is 0 Å². The van der Waals surface area contributed by atoms with Crippen LogP contribution in [-0.2, 0) is 0 Å². The summed E-state index contributed by atoms with van der Waals surface area (Å²) in [5, 5.41) is 0.0383. The van der Waals surface area contributed by atoms with Crippen LogP contribution in [0.25, 0.3) is 0 Å². The Morgan fingerprint density at radius 3 is 2.45 bits per heavy atom. The third-order valence-corrected chi connectivity index (χ3v) is 4.65. The Labute approximate surface area is 143 Å². The zero-order chi connectivity index (χ0) is 14.9. The van der Waals surface area contributed by atoms with Gasteiger partial charge in [0.1, 0.15) is 11.6 Å². The largest absolute Gasteiger partial charge is 0.495 e. The fraction of sp³-hybridized carbons (Fsp3) is 0.143. The van der Waals surface area contributed by atoms with Crippen LogP contribution < -0.4 is 4.74 Å². The van der Waals surface area contributed by atoms with Gasteiger partial charge in [-0.2, -0.15) is 0 Å². The van der Waals surface area contributed by atoms with Gasteiger partial charge in [-0.05, 0) is 61.7 Å². The van der Waals surface area contributed by atoms with Crippen molar-refractivity contribution >= 4 is 55.1 Å². The van der Waals surface area contributed by atoms with Crippen LogP contribution in [0, 0.1) is 5.82 Å². The molecule has 0 saturated heterocycles. The summed E-state index contributed by atoms with van der Waals surface area (Å²) < 4.78 is 19.7. The fourth-order valence-electron chi connectivity index (χ4n) is 1.83. The Hall–Kier alpha value is -0.290. The molecule has 0 radical (unpaired) electrons. The molecule has 0 aliphatic rings. The van der Waals surface area contributed by atoms with Crippen molar-refractivity contribution in [2.45, 2.75) is 5.38 Å². The topological polar surface area (TPSA) is 9.23 Å². The lowest BCUT2D eigenvalue weighted by Gasteiger charge is -2.16. The summed E-state index contributed by atoms with van der Waals surface area (Å²) in [4.78, 5) is 0. The molecule has 0 spiro atoms. The number of alkyl halides is 1. The van der Waals surface area contributed by atoms with E-state index in [4.69, 9.17) is 27.9 Å². The number of rotatable bonds is 3. The van der Waals surface area contributed by atoms with Crippen molar-refractivity contribution in [3.8, 4) is 5.75 Å². The Bertz CT molecular complexity index is 649. The molecule has 106 valence electrons. The van der Waals surface area contributed by atoms with E-state index in [1.807, 2.05) is 0 Å². The van der Waals surface area contributed by atoms with Gasteiger partial charge in [-0.1, -0.05) is 17.7 Å². The minimum atomic E-state index is -0.503. The average molecular weight is 443 g/mol. The molecule has 0 fully saturated rings. The SMILES string of the molecule is COc1c(Br)cc(Cl)cc1C(Cl)c1ccc(F)c(Br)c1. The van der Waals surface area contributed by atoms with E-state index in [-0.39, 0.29) is 5.82 Å². The van der Waals surface area contributed by atoms with Crippen molar-refractivity contribution in [1.82, 2.24) is 0 Å². The maximum atomic E-state index is 13.3. The van der Waals surface area contributed by atoms with Gasteiger partial charge in [0.2, 0.25) is 0 Å². The zero-order valence-corrected chi connectivity index (χ0v) is 14.9. The third-order valence-electron chi connectivity index (χ3n) is 2.75. The molecule has 0 aliphatic heterocycles. The van der Waals surface area contributed by atoms with Gasteiger partial charge in [0.05, 0.1) is 21.4 Å². The van der Waals surface area contributed by atoms with Crippen LogP contribution >= 0.6 is 55.1 Å². The van der Waals surface area contributed by atoms with E-state index in [2.05, 4.69) is 31.9 Å². The highest BCUT2D eigenvalue weighted by Gasteiger charge is 2.19. The van der Waals surface area contributed by atoms with Gasteiger partial charge >= 0.3 is 0 Å². The minimum absolute atomic E-state index is 0.336. The van der Waals surface area contributed by atoms with E-state index in [1.54, 1.807) is 31.4 Å². The highest BCUT2D eigenvalue weighted by Crippen LogP contribution is 2.41. The lowest BCUT2D eigenvalue weighted by Crippen LogP contribution is -1.99. The van der Waals surface area contributed by atoms with Crippen LogP contribution in [0.2, 0.25) is 5.02 Å². The monoisotopic (exact) mass is 440 g/mol. The predicted molar refractivity (Wildman–Crippen MR) is 87.5 cm³/mol. The van der Waals surface area contributed by atoms with Gasteiger partial charge in [-0.3, -0.25) is 0 Å². The van der Waals surface area contributed by atoms with Crippen LogP contribution in [-0.4, -0.2) is 7.11 Å². The molecule has 2 rings (SSSR count). The molecule has 1 nitrogen and oxygen atoms in total. The smallest absolute Gasteiger partial charge is 0.138 e. The summed E-state index contributed by atoms with van der Waals surface area (Å²) in [5.41, 5.74) is 1.46. The third kappa shape index (κ3) is 3.30. The Morgan fingerprint density at radius 1 is 1.15 bits per heavy atom. The number of ether oxygens (including phenoxy) is 1. The number of hydrogen-bond donors (Lipinski definition) is 0. The molecule has 0 heterocycles. The van der Waals surface area contributed by atoms with Crippen LogP contribution in [0.4, 0.5) is 4.39 Å². The fourth-order valence-corrected chi connectivity index (χ4v) is 3.52. The maximum Gasteiger partial charge on any atom is 0.138 e. The summed E-state index contributed by atoms with van der Waals surface area (Å²) in [7, 11) is 1.56. The van der Waals surface area contributed by atoms with Crippen molar-refractivity contribution in [2.75, 3.05) is 7.11 Å². The number of benzene rings is 2. The van der Waals surface area contributed by atoms with Crippen molar-refractivity contribution in [3.05, 3.63) is 61.2 Å². The lowest BCUT2D eigenvalue weighted by atomic mass is 10.0.